The van der Waals surface area contributed by atoms with E-state index in [2.05, 4.69) is 10.1 Å². The number of carbonyl (C=O) groups excluding carboxylic acids is 1. The van der Waals surface area contributed by atoms with Gasteiger partial charge in [0.05, 0.1) is 6.42 Å². The monoisotopic (exact) mass is 240 g/mol. The Morgan fingerprint density at radius 2 is 2.44 bits per heavy atom. The van der Waals surface area contributed by atoms with Crippen LogP contribution >= 0.6 is 11.8 Å². The topological polar surface area (TPSA) is 56.0 Å². The molecule has 1 aliphatic rings. The summed E-state index contributed by atoms with van der Waals surface area (Å²) in [4.78, 5) is 15.1. The summed E-state index contributed by atoms with van der Waals surface area (Å²) in [5.41, 5.74) is 0. The van der Waals surface area contributed by atoms with Crippen LogP contribution in [0.3, 0.4) is 0 Å². The first-order valence-electron chi connectivity index (χ1n) is 5.66. The molecule has 0 spiro atoms. The van der Waals surface area contributed by atoms with Gasteiger partial charge >= 0.3 is 0 Å². The van der Waals surface area contributed by atoms with Crippen molar-refractivity contribution in [2.45, 2.75) is 44.3 Å². The van der Waals surface area contributed by atoms with Gasteiger partial charge in [0.2, 0.25) is 5.89 Å². The van der Waals surface area contributed by atoms with E-state index < -0.39 is 0 Å². The van der Waals surface area contributed by atoms with E-state index in [-0.39, 0.29) is 12.2 Å². The van der Waals surface area contributed by atoms with Gasteiger partial charge in [0.15, 0.2) is 5.82 Å². The molecule has 5 heteroatoms. The maximum atomic E-state index is 10.9. The van der Waals surface area contributed by atoms with Crippen molar-refractivity contribution in [2.75, 3.05) is 5.75 Å². The molecule has 0 saturated carbocycles. The molecule has 1 unspecified atom stereocenters. The molecule has 1 aliphatic heterocycles. The lowest BCUT2D eigenvalue weighted by atomic mass is 10.1. The molecule has 1 saturated heterocycles. The highest BCUT2D eigenvalue weighted by molar-refractivity contribution is 7.99. The van der Waals surface area contributed by atoms with Crippen molar-refractivity contribution in [3.8, 4) is 0 Å². The zero-order chi connectivity index (χ0) is 11.4. The molecule has 0 aliphatic carbocycles. The molecule has 1 atom stereocenters. The summed E-state index contributed by atoms with van der Waals surface area (Å²) >= 11 is 1.99. The molecule has 1 fully saturated rings. The van der Waals surface area contributed by atoms with Crippen LogP contribution in [-0.4, -0.2) is 26.9 Å². The minimum Gasteiger partial charge on any atom is -0.339 e. The van der Waals surface area contributed by atoms with Crippen LogP contribution in [0.15, 0.2) is 4.52 Å². The summed E-state index contributed by atoms with van der Waals surface area (Å²) in [5.74, 6) is 2.50. The SMILES string of the molecule is CC(=O)Cc1noc(CC2CCCCS2)n1. The number of aromatic nitrogens is 2. The summed E-state index contributed by atoms with van der Waals surface area (Å²) in [6, 6.07) is 0. The summed E-state index contributed by atoms with van der Waals surface area (Å²) in [5, 5.41) is 4.42. The minimum absolute atomic E-state index is 0.0689. The molecule has 0 bridgehead atoms. The van der Waals surface area contributed by atoms with Crippen molar-refractivity contribution in [1.29, 1.82) is 0 Å². The number of hydrogen-bond acceptors (Lipinski definition) is 5. The number of nitrogens with zero attached hydrogens (tertiary/aromatic N) is 2. The van der Waals surface area contributed by atoms with Gasteiger partial charge in [-0.25, -0.2) is 0 Å². The van der Waals surface area contributed by atoms with Crippen molar-refractivity contribution in [2.24, 2.45) is 0 Å². The van der Waals surface area contributed by atoms with Crippen molar-refractivity contribution >= 4 is 17.5 Å². The van der Waals surface area contributed by atoms with E-state index in [4.69, 9.17) is 4.52 Å². The van der Waals surface area contributed by atoms with Gasteiger partial charge in [-0.3, -0.25) is 4.79 Å². The molecule has 16 heavy (non-hydrogen) atoms. The largest absolute Gasteiger partial charge is 0.339 e. The zero-order valence-electron chi connectivity index (χ0n) is 9.44. The van der Waals surface area contributed by atoms with E-state index in [0.29, 0.717) is 17.0 Å². The van der Waals surface area contributed by atoms with Crippen LogP contribution in [0, 0.1) is 0 Å². The van der Waals surface area contributed by atoms with Crippen LogP contribution in [0.5, 0.6) is 0 Å². The van der Waals surface area contributed by atoms with E-state index in [1.807, 2.05) is 11.8 Å². The molecular formula is C11H16N2O2S. The Balaban J connectivity index is 1.88. The van der Waals surface area contributed by atoms with Crippen LogP contribution in [0.1, 0.15) is 37.9 Å². The van der Waals surface area contributed by atoms with Gasteiger partial charge in [0, 0.05) is 11.7 Å². The average Bonchev–Trinajstić information content (AvgIpc) is 2.66. The molecule has 2 heterocycles. The third-order valence-electron chi connectivity index (χ3n) is 2.59. The Bertz CT molecular complexity index is 359. The molecule has 88 valence electrons. The van der Waals surface area contributed by atoms with Gasteiger partial charge in [0.25, 0.3) is 0 Å². The van der Waals surface area contributed by atoms with Crippen molar-refractivity contribution in [3.63, 3.8) is 0 Å². The molecule has 0 aromatic carbocycles. The van der Waals surface area contributed by atoms with Gasteiger partial charge in [-0.1, -0.05) is 11.6 Å². The average molecular weight is 240 g/mol. The number of ketones is 1. The summed E-state index contributed by atoms with van der Waals surface area (Å²) in [7, 11) is 0. The quantitative estimate of drug-likeness (QED) is 0.806. The van der Waals surface area contributed by atoms with E-state index in [1.54, 1.807) is 0 Å². The highest BCUT2D eigenvalue weighted by Gasteiger charge is 2.18. The van der Waals surface area contributed by atoms with Crippen LogP contribution in [0.25, 0.3) is 0 Å². The fraction of sp³-hybridized carbons (Fsp3) is 0.727. The maximum Gasteiger partial charge on any atom is 0.227 e. The van der Waals surface area contributed by atoms with E-state index >= 15 is 0 Å². The Labute approximate surface area is 99.2 Å². The van der Waals surface area contributed by atoms with Crippen molar-refractivity contribution < 1.29 is 9.32 Å². The zero-order valence-corrected chi connectivity index (χ0v) is 10.3. The van der Waals surface area contributed by atoms with Gasteiger partial charge in [-0.2, -0.15) is 16.7 Å². The molecule has 2 rings (SSSR count). The summed E-state index contributed by atoms with van der Waals surface area (Å²) in [6.07, 6.45) is 4.97. The highest BCUT2D eigenvalue weighted by Crippen LogP contribution is 2.27. The second kappa shape index (κ2) is 5.48. The third-order valence-corrected chi connectivity index (χ3v) is 3.99. The molecule has 0 N–H and O–H groups in total. The lowest BCUT2D eigenvalue weighted by Crippen LogP contribution is -2.12. The second-order valence-corrected chi connectivity index (χ2v) is 5.58. The normalized spacial score (nSPS) is 20.9. The van der Waals surface area contributed by atoms with Crippen LogP contribution in [-0.2, 0) is 17.6 Å². The number of Topliss-reactive ketones (excluding diaryl/α,β-unsaturated/α-hetero) is 1. The molecule has 0 amide bonds. The standard InChI is InChI=1S/C11H16N2O2S/c1-8(14)6-10-12-11(15-13-10)7-9-4-2-3-5-16-9/h9H,2-7H2,1H3. The molecule has 1 aromatic rings. The van der Waals surface area contributed by atoms with Crippen molar-refractivity contribution in [1.82, 2.24) is 10.1 Å². The lowest BCUT2D eigenvalue weighted by Gasteiger charge is -2.19. The van der Waals surface area contributed by atoms with Crippen LogP contribution < -0.4 is 0 Å². The van der Waals surface area contributed by atoms with Gasteiger partial charge in [0.1, 0.15) is 5.78 Å². The lowest BCUT2D eigenvalue weighted by molar-refractivity contribution is -0.116. The number of rotatable bonds is 4. The number of thioether (sulfide) groups is 1. The fourth-order valence-corrected chi connectivity index (χ4v) is 3.13. The Kier molecular flexibility index (Phi) is 3.98. The third kappa shape index (κ3) is 3.33. The van der Waals surface area contributed by atoms with Crippen LogP contribution in [0.2, 0.25) is 0 Å². The first-order valence-corrected chi connectivity index (χ1v) is 6.71. The van der Waals surface area contributed by atoms with E-state index in [0.717, 1.165) is 6.42 Å². The summed E-state index contributed by atoms with van der Waals surface area (Å²) in [6.45, 7) is 1.53. The predicted molar refractivity (Wildman–Crippen MR) is 62.5 cm³/mol. The smallest absolute Gasteiger partial charge is 0.227 e. The van der Waals surface area contributed by atoms with Gasteiger partial charge < -0.3 is 4.52 Å². The van der Waals surface area contributed by atoms with Gasteiger partial charge in [-0.05, 0) is 25.5 Å². The Morgan fingerprint density at radius 3 is 3.12 bits per heavy atom. The minimum atomic E-state index is 0.0689. The van der Waals surface area contributed by atoms with E-state index in [9.17, 15) is 4.79 Å². The van der Waals surface area contributed by atoms with Gasteiger partial charge in [-0.15, -0.1) is 0 Å². The maximum absolute atomic E-state index is 10.9. The van der Waals surface area contributed by atoms with Crippen LogP contribution in [0.4, 0.5) is 0 Å². The summed E-state index contributed by atoms with van der Waals surface area (Å²) < 4.78 is 5.14. The fourth-order valence-electron chi connectivity index (χ4n) is 1.83. The Hall–Kier alpha value is -0.840. The second-order valence-electron chi connectivity index (χ2n) is 4.18. The molecule has 4 nitrogen and oxygen atoms in total. The number of hydrogen-bond donors (Lipinski definition) is 0. The molecule has 1 aromatic heterocycles. The first kappa shape index (κ1) is 11.6. The Morgan fingerprint density at radius 1 is 1.56 bits per heavy atom. The molecule has 0 radical (unpaired) electrons. The van der Waals surface area contributed by atoms with Crippen molar-refractivity contribution in [3.05, 3.63) is 11.7 Å². The predicted octanol–water partition coefficient (Wildman–Crippen LogP) is 2.03. The van der Waals surface area contributed by atoms with E-state index in [1.165, 1.54) is 31.9 Å². The number of carbonyl (C=O) groups is 1. The first-order chi connectivity index (χ1) is 7.74. The highest BCUT2D eigenvalue weighted by atomic mass is 32.2. The molecular weight excluding hydrogens is 224 g/mol.